The monoisotopic (exact) mass is 577 g/mol. The van der Waals surface area contributed by atoms with Crippen LogP contribution in [0.5, 0.6) is 5.75 Å². The molecule has 2 aliphatic carbocycles. The maximum absolute atomic E-state index is 6.43. The largest absolute Gasteiger partial charge is 0.484 e. The SMILES string of the molecule is C1=CC2Oc3c(-c4ccc(Nc5ccc6c(c5)C(c5ccccc5)(c5ccccc5)c5ccccc5-6)cc4)cccc3C2C=C1. The predicted octanol–water partition coefficient (Wildman–Crippen LogP) is 10.4. The minimum Gasteiger partial charge on any atom is -0.484 e. The molecule has 0 amide bonds. The molecule has 1 aliphatic heterocycles. The molecule has 9 rings (SSSR count). The molecule has 0 aromatic heterocycles. The third-order valence-electron chi connectivity index (χ3n) is 9.69. The molecule has 6 aromatic carbocycles. The normalized spacial score (nSPS) is 18.0. The van der Waals surface area contributed by atoms with E-state index in [0.29, 0.717) is 0 Å². The van der Waals surface area contributed by atoms with Crippen LogP contribution in [0.4, 0.5) is 11.4 Å². The minimum absolute atomic E-state index is 0.0805. The van der Waals surface area contributed by atoms with E-state index in [0.717, 1.165) is 28.3 Å². The summed E-state index contributed by atoms with van der Waals surface area (Å²) in [6.45, 7) is 0. The fourth-order valence-corrected chi connectivity index (χ4v) is 7.71. The molecule has 1 heterocycles. The zero-order valence-corrected chi connectivity index (χ0v) is 24.7. The Bertz CT molecular complexity index is 2070. The third-order valence-corrected chi connectivity index (χ3v) is 9.69. The molecular formula is C43H31NO. The highest BCUT2D eigenvalue weighted by Crippen LogP contribution is 2.56. The first-order chi connectivity index (χ1) is 22.3. The van der Waals surface area contributed by atoms with Gasteiger partial charge in [0, 0.05) is 28.4 Å². The Hall–Kier alpha value is -5.60. The third kappa shape index (κ3) is 3.96. The van der Waals surface area contributed by atoms with E-state index in [1.165, 1.54) is 38.9 Å². The van der Waals surface area contributed by atoms with Crippen molar-refractivity contribution in [2.24, 2.45) is 0 Å². The maximum atomic E-state index is 6.43. The van der Waals surface area contributed by atoms with E-state index >= 15 is 0 Å². The highest BCUT2D eigenvalue weighted by Gasteiger charge is 2.46. The number of hydrogen-bond donors (Lipinski definition) is 1. The smallest absolute Gasteiger partial charge is 0.132 e. The molecule has 0 radical (unpaired) electrons. The molecule has 2 heteroatoms. The molecule has 2 atom stereocenters. The molecule has 214 valence electrons. The van der Waals surface area contributed by atoms with Gasteiger partial charge in [0.05, 0.1) is 5.41 Å². The second kappa shape index (κ2) is 10.2. The molecule has 0 bridgehead atoms. The molecule has 0 fully saturated rings. The summed E-state index contributed by atoms with van der Waals surface area (Å²) in [6.07, 6.45) is 8.67. The van der Waals surface area contributed by atoms with Gasteiger partial charge in [0.25, 0.3) is 0 Å². The van der Waals surface area contributed by atoms with Crippen LogP contribution in [0.2, 0.25) is 0 Å². The lowest BCUT2D eigenvalue weighted by molar-refractivity contribution is 0.270. The van der Waals surface area contributed by atoms with Gasteiger partial charge >= 0.3 is 0 Å². The second-order valence-electron chi connectivity index (χ2n) is 12.1. The lowest BCUT2D eigenvalue weighted by Crippen LogP contribution is -2.28. The summed E-state index contributed by atoms with van der Waals surface area (Å²) in [5.74, 6) is 1.29. The number of ether oxygens (including phenoxy) is 1. The van der Waals surface area contributed by atoms with Crippen LogP contribution >= 0.6 is 0 Å². The van der Waals surface area contributed by atoms with Crippen molar-refractivity contribution in [1.82, 2.24) is 0 Å². The van der Waals surface area contributed by atoms with E-state index in [1.807, 2.05) is 0 Å². The molecule has 45 heavy (non-hydrogen) atoms. The maximum Gasteiger partial charge on any atom is 0.132 e. The van der Waals surface area contributed by atoms with Crippen molar-refractivity contribution in [3.63, 3.8) is 0 Å². The summed E-state index contributed by atoms with van der Waals surface area (Å²) in [6, 6.07) is 52.8. The quantitative estimate of drug-likeness (QED) is 0.220. The topological polar surface area (TPSA) is 21.3 Å². The van der Waals surface area contributed by atoms with E-state index in [9.17, 15) is 0 Å². The Kier molecular flexibility index (Phi) is 5.89. The van der Waals surface area contributed by atoms with Crippen molar-refractivity contribution >= 4 is 11.4 Å². The van der Waals surface area contributed by atoms with Crippen LogP contribution < -0.4 is 10.1 Å². The number of para-hydroxylation sites is 1. The molecule has 2 nitrogen and oxygen atoms in total. The lowest BCUT2D eigenvalue weighted by Gasteiger charge is -2.34. The zero-order chi connectivity index (χ0) is 29.8. The number of fused-ring (bicyclic) bond motifs is 6. The Morgan fingerprint density at radius 3 is 1.93 bits per heavy atom. The van der Waals surface area contributed by atoms with Gasteiger partial charge in [0.15, 0.2) is 0 Å². The molecule has 0 saturated heterocycles. The molecule has 0 spiro atoms. The average Bonchev–Trinajstić information content (AvgIpc) is 3.63. The molecular weight excluding hydrogens is 546 g/mol. The van der Waals surface area contributed by atoms with E-state index in [2.05, 4.69) is 175 Å². The van der Waals surface area contributed by atoms with Gasteiger partial charge in [-0.1, -0.05) is 140 Å². The van der Waals surface area contributed by atoms with Gasteiger partial charge in [0.1, 0.15) is 11.9 Å². The fraction of sp³-hybridized carbons (Fsp3) is 0.0698. The Balaban J connectivity index is 1.10. The van der Waals surface area contributed by atoms with Gasteiger partial charge in [-0.25, -0.2) is 0 Å². The molecule has 2 unspecified atom stereocenters. The van der Waals surface area contributed by atoms with E-state index in [4.69, 9.17) is 4.74 Å². The van der Waals surface area contributed by atoms with Gasteiger partial charge in [-0.2, -0.15) is 0 Å². The van der Waals surface area contributed by atoms with Gasteiger partial charge in [-0.15, -0.1) is 0 Å². The first-order valence-electron chi connectivity index (χ1n) is 15.7. The van der Waals surface area contributed by atoms with Crippen LogP contribution in [0.15, 0.2) is 170 Å². The van der Waals surface area contributed by atoms with Crippen LogP contribution in [0.1, 0.15) is 33.7 Å². The van der Waals surface area contributed by atoms with Crippen molar-refractivity contribution in [3.8, 4) is 28.0 Å². The Labute approximate surface area is 264 Å². The molecule has 1 N–H and O–H groups in total. The van der Waals surface area contributed by atoms with Crippen molar-refractivity contribution < 1.29 is 4.74 Å². The summed E-state index contributed by atoms with van der Waals surface area (Å²) in [4.78, 5) is 0. The van der Waals surface area contributed by atoms with E-state index in [-0.39, 0.29) is 12.0 Å². The summed E-state index contributed by atoms with van der Waals surface area (Å²) >= 11 is 0. The standard InChI is InChI=1S/C43H31NO/c1-3-12-30(13-4-1)43(31-14-5-2-6-15-31)39-20-9-7-16-35(39)36-27-26-33(28-40(36)43)44-32-24-22-29(23-25-32)34-18-11-19-38-37-17-8-10-21-41(37)45-42(34)38/h1-28,37,41,44H. The fourth-order valence-electron chi connectivity index (χ4n) is 7.71. The first kappa shape index (κ1) is 25.9. The van der Waals surface area contributed by atoms with Crippen molar-refractivity contribution in [2.45, 2.75) is 17.4 Å². The summed E-state index contributed by atoms with van der Waals surface area (Å²) in [5, 5.41) is 3.72. The highest BCUT2D eigenvalue weighted by molar-refractivity contribution is 5.88. The Morgan fingerprint density at radius 1 is 0.511 bits per heavy atom. The number of nitrogens with one attached hydrogen (secondary N) is 1. The van der Waals surface area contributed by atoms with E-state index < -0.39 is 5.41 Å². The average molecular weight is 578 g/mol. The van der Waals surface area contributed by atoms with Crippen molar-refractivity contribution in [1.29, 1.82) is 0 Å². The van der Waals surface area contributed by atoms with Crippen LogP contribution in [-0.2, 0) is 5.41 Å². The van der Waals surface area contributed by atoms with Gasteiger partial charge in [-0.3, -0.25) is 0 Å². The van der Waals surface area contributed by atoms with Gasteiger partial charge in [0.2, 0.25) is 0 Å². The highest BCUT2D eigenvalue weighted by atomic mass is 16.5. The lowest BCUT2D eigenvalue weighted by atomic mass is 9.67. The molecule has 3 aliphatic rings. The van der Waals surface area contributed by atoms with Gasteiger partial charge < -0.3 is 10.1 Å². The van der Waals surface area contributed by atoms with Crippen molar-refractivity contribution in [3.05, 3.63) is 198 Å². The number of hydrogen-bond acceptors (Lipinski definition) is 2. The zero-order valence-electron chi connectivity index (χ0n) is 24.7. The number of benzene rings is 6. The van der Waals surface area contributed by atoms with Crippen LogP contribution in [-0.4, -0.2) is 6.10 Å². The second-order valence-corrected chi connectivity index (χ2v) is 12.1. The number of rotatable bonds is 5. The van der Waals surface area contributed by atoms with Crippen LogP contribution in [0.3, 0.4) is 0 Å². The summed E-state index contributed by atoms with van der Waals surface area (Å²) in [7, 11) is 0. The summed E-state index contributed by atoms with van der Waals surface area (Å²) < 4.78 is 6.43. The molecule has 0 saturated carbocycles. The van der Waals surface area contributed by atoms with E-state index in [1.54, 1.807) is 0 Å². The van der Waals surface area contributed by atoms with Crippen LogP contribution in [0.25, 0.3) is 22.3 Å². The summed E-state index contributed by atoms with van der Waals surface area (Å²) in [5.41, 5.74) is 13.0. The molecule has 6 aromatic rings. The minimum atomic E-state index is -0.411. The number of anilines is 2. The first-order valence-corrected chi connectivity index (χ1v) is 15.7. The van der Waals surface area contributed by atoms with Crippen molar-refractivity contribution in [2.75, 3.05) is 5.32 Å². The predicted molar refractivity (Wildman–Crippen MR) is 184 cm³/mol. The Morgan fingerprint density at radius 2 is 1.16 bits per heavy atom. The van der Waals surface area contributed by atoms with Crippen LogP contribution in [0, 0.1) is 0 Å². The number of allylic oxidation sites excluding steroid dienone is 2. The van der Waals surface area contributed by atoms with Gasteiger partial charge in [-0.05, 0) is 69.3 Å².